The van der Waals surface area contributed by atoms with E-state index in [0.717, 1.165) is 11.1 Å². The van der Waals surface area contributed by atoms with Gasteiger partial charge in [0.2, 0.25) is 11.8 Å². The minimum Gasteiger partial charge on any atom is -0.481 e. The highest BCUT2D eigenvalue weighted by Gasteiger charge is 2.44. The maximum absolute atomic E-state index is 13.5. The number of rotatable bonds is 10. The summed E-state index contributed by atoms with van der Waals surface area (Å²) in [5, 5.41) is 0. The van der Waals surface area contributed by atoms with Crippen molar-refractivity contribution in [1.82, 2.24) is 34.6 Å². The van der Waals surface area contributed by atoms with E-state index in [2.05, 4.69) is 54.0 Å². The standard InChI is InChI=1S/C34H36F3N7O4.2ClH/c1-46-30-26(31(41-33(40-30)47-2)48-22-34(35,36)37)20-42-18-25-19-43(32(45)27-17-38-13-14-39-27)15-16-44(25)28(21-42)29(23-9-5-3-6-10-23)24-11-7-4-8-12-24;;/h3-14,17,25,28-29H,15-16,18-22H2,1-2H3;2*1H/t25-,28+;;/m1../s1. The van der Waals surface area contributed by atoms with E-state index < -0.39 is 12.8 Å². The summed E-state index contributed by atoms with van der Waals surface area (Å²) in [5.74, 6) is -0.452. The number of piperazine rings is 2. The molecule has 0 radical (unpaired) electrons. The Hall–Kier alpha value is -4.24. The van der Waals surface area contributed by atoms with Crippen LogP contribution in [0, 0.1) is 0 Å². The molecule has 11 nitrogen and oxygen atoms in total. The number of benzene rings is 2. The maximum atomic E-state index is 13.5. The summed E-state index contributed by atoms with van der Waals surface area (Å²) in [5.41, 5.74) is 2.81. The van der Waals surface area contributed by atoms with Gasteiger partial charge in [-0.2, -0.15) is 23.1 Å². The molecule has 2 aromatic heterocycles. The number of alkyl halides is 3. The Bertz CT molecular complexity index is 1640. The molecule has 0 spiro atoms. The molecule has 2 fully saturated rings. The Morgan fingerprint density at radius 2 is 1.54 bits per heavy atom. The first-order valence-corrected chi connectivity index (χ1v) is 15.6. The topological polar surface area (TPSA) is 106 Å². The summed E-state index contributed by atoms with van der Waals surface area (Å²) in [6, 6.07) is 20.1. The van der Waals surface area contributed by atoms with Crippen molar-refractivity contribution in [2.75, 3.05) is 53.6 Å². The average molecular weight is 737 g/mol. The van der Waals surface area contributed by atoms with Crippen molar-refractivity contribution in [3.05, 3.63) is 102 Å². The van der Waals surface area contributed by atoms with Crippen LogP contribution in [0.3, 0.4) is 0 Å². The summed E-state index contributed by atoms with van der Waals surface area (Å²) in [7, 11) is 2.70. The quantitative estimate of drug-likeness (QED) is 0.223. The number of nitrogens with zero attached hydrogens (tertiary/aromatic N) is 7. The number of ether oxygens (including phenoxy) is 3. The van der Waals surface area contributed by atoms with E-state index in [9.17, 15) is 18.0 Å². The number of halogens is 5. The van der Waals surface area contributed by atoms with Crippen LogP contribution < -0.4 is 14.2 Å². The van der Waals surface area contributed by atoms with Gasteiger partial charge in [0.25, 0.3) is 5.91 Å². The van der Waals surface area contributed by atoms with Crippen molar-refractivity contribution in [2.24, 2.45) is 0 Å². The van der Waals surface area contributed by atoms with Crippen molar-refractivity contribution in [1.29, 1.82) is 0 Å². The van der Waals surface area contributed by atoms with Crippen LogP contribution in [0.15, 0.2) is 79.3 Å². The molecule has 16 heteroatoms. The number of fused-ring (bicyclic) bond motifs is 1. The largest absolute Gasteiger partial charge is 0.481 e. The molecule has 0 unspecified atom stereocenters. The van der Waals surface area contributed by atoms with Gasteiger partial charge >= 0.3 is 12.2 Å². The lowest BCUT2D eigenvalue weighted by atomic mass is 9.81. The fraction of sp³-hybridized carbons (Fsp3) is 0.382. The van der Waals surface area contributed by atoms with Gasteiger partial charge in [0, 0.05) is 69.7 Å². The molecule has 1 amide bonds. The van der Waals surface area contributed by atoms with E-state index in [4.69, 9.17) is 14.2 Å². The van der Waals surface area contributed by atoms with Crippen LogP contribution in [-0.2, 0) is 6.54 Å². The van der Waals surface area contributed by atoms with E-state index in [1.807, 2.05) is 36.4 Å². The Morgan fingerprint density at radius 1 is 0.880 bits per heavy atom. The lowest BCUT2D eigenvalue weighted by molar-refractivity contribution is -0.154. The molecule has 2 aliphatic heterocycles. The van der Waals surface area contributed by atoms with Gasteiger partial charge in [-0.3, -0.25) is 19.6 Å². The zero-order chi connectivity index (χ0) is 33.7. The minimum atomic E-state index is -4.58. The zero-order valence-corrected chi connectivity index (χ0v) is 29.0. The zero-order valence-electron chi connectivity index (χ0n) is 27.4. The first-order chi connectivity index (χ1) is 23.2. The molecular formula is C34H38Cl2F3N7O4. The molecule has 0 bridgehead atoms. The van der Waals surface area contributed by atoms with Crippen molar-refractivity contribution in [3.63, 3.8) is 0 Å². The van der Waals surface area contributed by atoms with Crippen LogP contribution in [-0.4, -0.2) is 112 Å². The molecule has 4 heterocycles. The van der Waals surface area contributed by atoms with Crippen molar-refractivity contribution in [3.8, 4) is 17.8 Å². The van der Waals surface area contributed by atoms with Gasteiger partial charge in [-0.1, -0.05) is 60.7 Å². The first kappa shape index (κ1) is 38.6. The summed E-state index contributed by atoms with van der Waals surface area (Å²) in [6.45, 7) is 1.21. The molecular weight excluding hydrogens is 698 g/mol. The Balaban J connectivity index is 0.00000281. The van der Waals surface area contributed by atoms with Gasteiger partial charge in [-0.25, -0.2) is 4.98 Å². The summed E-state index contributed by atoms with van der Waals surface area (Å²) in [6.07, 6.45) is -0.104. The van der Waals surface area contributed by atoms with Crippen LogP contribution in [0.1, 0.15) is 33.1 Å². The highest BCUT2D eigenvalue weighted by Crippen LogP contribution is 2.38. The van der Waals surface area contributed by atoms with Gasteiger partial charge in [0.15, 0.2) is 6.61 Å². The van der Waals surface area contributed by atoms with E-state index >= 15 is 0 Å². The van der Waals surface area contributed by atoms with Gasteiger partial charge < -0.3 is 19.1 Å². The molecule has 2 aliphatic rings. The minimum absolute atomic E-state index is 0. The lowest BCUT2D eigenvalue weighted by Gasteiger charge is -2.53. The third-order valence-electron chi connectivity index (χ3n) is 8.68. The van der Waals surface area contributed by atoms with Crippen LogP contribution in [0.4, 0.5) is 13.2 Å². The lowest BCUT2D eigenvalue weighted by Crippen LogP contribution is -2.67. The molecule has 0 N–H and O–H groups in total. The molecule has 4 aromatic rings. The van der Waals surface area contributed by atoms with Crippen LogP contribution >= 0.6 is 24.8 Å². The second-order valence-electron chi connectivity index (χ2n) is 11.7. The Kier molecular flexibility index (Phi) is 13.2. The normalized spacial score (nSPS) is 18.0. The van der Waals surface area contributed by atoms with Crippen molar-refractivity contribution >= 4 is 30.7 Å². The smallest absolute Gasteiger partial charge is 0.422 e. The van der Waals surface area contributed by atoms with Gasteiger partial charge in [-0.05, 0) is 11.1 Å². The summed E-state index contributed by atoms with van der Waals surface area (Å²) < 4.78 is 55.7. The molecule has 50 heavy (non-hydrogen) atoms. The van der Waals surface area contributed by atoms with Gasteiger partial charge in [0.1, 0.15) is 5.69 Å². The molecule has 6 rings (SSSR count). The van der Waals surface area contributed by atoms with E-state index in [0.29, 0.717) is 32.7 Å². The van der Waals surface area contributed by atoms with Gasteiger partial charge in [-0.15, -0.1) is 24.8 Å². The van der Waals surface area contributed by atoms with Crippen molar-refractivity contribution in [2.45, 2.75) is 30.7 Å². The SMILES string of the molecule is COc1nc(OC)c(CN2C[C@@H]3CN(C(=O)c4cnccn4)CCN3[C@H](C(c3ccccc3)c3ccccc3)C2)c(OCC(F)(F)F)n1.Cl.Cl. The average Bonchev–Trinajstić information content (AvgIpc) is 3.11. The maximum Gasteiger partial charge on any atom is 0.422 e. The second kappa shape index (κ2) is 17.1. The number of carbonyl (C=O) groups excluding carboxylic acids is 1. The predicted molar refractivity (Wildman–Crippen MR) is 183 cm³/mol. The fourth-order valence-corrected chi connectivity index (χ4v) is 6.66. The molecule has 0 aliphatic carbocycles. The number of hydrogen-bond donors (Lipinski definition) is 0. The highest BCUT2D eigenvalue weighted by molar-refractivity contribution is 5.92. The van der Waals surface area contributed by atoms with Crippen molar-refractivity contribution < 1.29 is 32.2 Å². The highest BCUT2D eigenvalue weighted by atomic mass is 35.5. The first-order valence-electron chi connectivity index (χ1n) is 15.6. The monoisotopic (exact) mass is 735 g/mol. The Labute approximate surface area is 300 Å². The molecule has 268 valence electrons. The van der Waals surface area contributed by atoms with Crippen LogP contribution in [0.5, 0.6) is 17.8 Å². The predicted octanol–water partition coefficient (Wildman–Crippen LogP) is 4.91. The number of aromatic nitrogens is 4. The summed E-state index contributed by atoms with van der Waals surface area (Å²) >= 11 is 0. The third kappa shape index (κ3) is 8.91. The van der Waals surface area contributed by atoms with Gasteiger partial charge in [0.05, 0.1) is 26.0 Å². The fourth-order valence-electron chi connectivity index (χ4n) is 6.66. The number of methoxy groups -OCH3 is 2. The van der Waals surface area contributed by atoms with Crippen LogP contribution in [0.25, 0.3) is 0 Å². The number of carbonyl (C=O) groups is 1. The number of hydrogen-bond acceptors (Lipinski definition) is 10. The van der Waals surface area contributed by atoms with E-state index in [1.165, 1.54) is 32.8 Å². The molecule has 2 atom stereocenters. The third-order valence-corrected chi connectivity index (χ3v) is 8.68. The van der Waals surface area contributed by atoms with E-state index in [-0.39, 0.29) is 84.3 Å². The van der Waals surface area contributed by atoms with Crippen LogP contribution in [0.2, 0.25) is 0 Å². The number of amides is 1. The molecule has 2 aromatic carbocycles. The molecule has 0 saturated carbocycles. The Morgan fingerprint density at radius 3 is 2.12 bits per heavy atom. The second-order valence-corrected chi connectivity index (χ2v) is 11.7. The summed E-state index contributed by atoms with van der Waals surface area (Å²) in [4.78, 5) is 36.6. The van der Waals surface area contributed by atoms with E-state index in [1.54, 1.807) is 4.90 Å². The molecule has 2 saturated heterocycles.